The number of rotatable bonds is 3. The second kappa shape index (κ2) is 3.75. The zero-order valence-electron chi connectivity index (χ0n) is 8.93. The summed E-state index contributed by atoms with van der Waals surface area (Å²) >= 11 is 0. The molecule has 0 radical (unpaired) electrons. The summed E-state index contributed by atoms with van der Waals surface area (Å²) < 4.78 is 0. The Balaban J connectivity index is 2.32. The lowest BCUT2D eigenvalue weighted by Gasteiger charge is -2.32. The smallest absolute Gasteiger partial charge is 0.0154 e. The highest BCUT2D eigenvalue weighted by atomic mass is 15.2. The molecular formula is C10H22N2. The van der Waals surface area contributed by atoms with E-state index in [1.54, 1.807) is 0 Å². The normalized spacial score (nSPS) is 23.8. The van der Waals surface area contributed by atoms with Crippen LogP contribution in [-0.4, -0.2) is 49.1 Å². The van der Waals surface area contributed by atoms with Gasteiger partial charge in [-0.25, -0.2) is 0 Å². The van der Waals surface area contributed by atoms with Gasteiger partial charge in [-0.3, -0.25) is 4.90 Å². The molecule has 0 aromatic carbocycles. The Morgan fingerprint density at radius 1 is 1.33 bits per heavy atom. The van der Waals surface area contributed by atoms with E-state index < -0.39 is 0 Å². The molecule has 0 aromatic rings. The molecule has 0 spiro atoms. The predicted octanol–water partition coefficient (Wildman–Crippen LogP) is 1.42. The molecule has 72 valence electrons. The number of hydrogen-bond acceptors (Lipinski definition) is 2. The fraction of sp³-hybridized carbons (Fsp3) is 1.00. The van der Waals surface area contributed by atoms with E-state index in [0.717, 1.165) is 0 Å². The summed E-state index contributed by atoms with van der Waals surface area (Å²) in [5.74, 6) is 0. The van der Waals surface area contributed by atoms with Crippen LogP contribution in [0.4, 0.5) is 0 Å². The van der Waals surface area contributed by atoms with Gasteiger partial charge in [-0.2, -0.15) is 0 Å². The van der Waals surface area contributed by atoms with Crippen LogP contribution in [0.2, 0.25) is 0 Å². The van der Waals surface area contributed by atoms with E-state index in [-0.39, 0.29) is 0 Å². The van der Waals surface area contributed by atoms with E-state index in [0.29, 0.717) is 5.54 Å². The molecular weight excluding hydrogens is 148 g/mol. The summed E-state index contributed by atoms with van der Waals surface area (Å²) in [6.07, 6.45) is 2.74. The highest BCUT2D eigenvalue weighted by Crippen LogP contribution is 2.27. The number of likely N-dealkylation sites (N-methyl/N-ethyl adjacent to an activating group) is 1. The van der Waals surface area contributed by atoms with E-state index in [1.165, 1.54) is 32.5 Å². The monoisotopic (exact) mass is 170 g/mol. The molecule has 0 N–H and O–H groups in total. The molecule has 1 heterocycles. The summed E-state index contributed by atoms with van der Waals surface area (Å²) in [5.41, 5.74) is 0.454. The van der Waals surface area contributed by atoms with Gasteiger partial charge in [0.1, 0.15) is 0 Å². The van der Waals surface area contributed by atoms with Gasteiger partial charge in [-0.05, 0) is 47.3 Å². The van der Waals surface area contributed by atoms with Gasteiger partial charge < -0.3 is 4.90 Å². The molecule has 0 aliphatic carbocycles. The first-order chi connectivity index (χ1) is 5.52. The minimum absolute atomic E-state index is 0.454. The van der Waals surface area contributed by atoms with Crippen LogP contribution in [0.3, 0.4) is 0 Å². The third-order valence-electron chi connectivity index (χ3n) is 2.89. The van der Waals surface area contributed by atoms with E-state index in [1.807, 2.05) is 0 Å². The van der Waals surface area contributed by atoms with Crippen LogP contribution < -0.4 is 0 Å². The van der Waals surface area contributed by atoms with Gasteiger partial charge in [0.05, 0.1) is 0 Å². The third-order valence-corrected chi connectivity index (χ3v) is 2.89. The molecule has 0 unspecified atom stereocenters. The van der Waals surface area contributed by atoms with Crippen LogP contribution in [0.25, 0.3) is 0 Å². The van der Waals surface area contributed by atoms with Crippen molar-refractivity contribution in [2.24, 2.45) is 0 Å². The van der Waals surface area contributed by atoms with Crippen molar-refractivity contribution in [2.75, 3.05) is 33.7 Å². The molecule has 12 heavy (non-hydrogen) atoms. The quantitative estimate of drug-likeness (QED) is 0.632. The van der Waals surface area contributed by atoms with Gasteiger partial charge in [0.15, 0.2) is 0 Å². The van der Waals surface area contributed by atoms with E-state index >= 15 is 0 Å². The molecule has 2 heteroatoms. The van der Waals surface area contributed by atoms with Crippen molar-refractivity contribution in [3.63, 3.8) is 0 Å². The first-order valence-electron chi connectivity index (χ1n) is 4.92. The van der Waals surface area contributed by atoms with Crippen LogP contribution >= 0.6 is 0 Å². The van der Waals surface area contributed by atoms with Gasteiger partial charge in [0.25, 0.3) is 0 Å². The Labute approximate surface area is 76.5 Å². The van der Waals surface area contributed by atoms with Crippen molar-refractivity contribution >= 4 is 0 Å². The van der Waals surface area contributed by atoms with Crippen LogP contribution in [0.1, 0.15) is 26.7 Å². The Hall–Kier alpha value is -0.0800. The van der Waals surface area contributed by atoms with Gasteiger partial charge >= 0.3 is 0 Å². The maximum absolute atomic E-state index is 2.60. The maximum atomic E-state index is 2.60. The summed E-state index contributed by atoms with van der Waals surface area (Å²) in [6, 6.07) is 0. The summed E-state index contributed by atoms with van der Waals surface area (Å²) in [6.45, 7) is 8.41. The van der Waals surface area contributed by atoms with E-state index in [9.17, 15) is 0 Å². The molecule has 1 aliphatic heterocycles. The van der Waals surface area contributed by atoms with Crippen molar-refractivity contribution < 1.29 is 0 Å². The Bertz CT molecular complexity index is 141. The van der Waals surface area contributed by atoms with Crippen molar-refractivity contribution in [1.82, 2.24) is 9.80 Å². The molecule has 0 aromatic heterocycles. The van der Waals surface area contributed by atoms with E-state index in [2.05, 4.69) is 37.7 Å². The maximum Gasteiger partial charge on any atom is 0.0154 e. The van der Waals surface area contributed by atoms with Gasteiger partial charge in [-0.15, -0.1) is 0 Å². The Kier molecular flexibility index (Phi) is 3.13. The molecule has 1 fully saturated rings. The number of likely N-dealkylation sites (tertiary alicyclic amines) is 1. The first-order valence-corrected chi connectivity index (χ1v) is 4.92. The minimum atomic E-state index is 0.454. The minimum Gasteiger partial charge on any atom is -0.308 e. The lowest BCUT2D eigenvalue weighted by Crippen LogP contribution is -2.41. The number of nitrogens with zero attached hydrogens (tertiary/aromatic N) is 2. The summed E-state index contributed by atoms with van der Waals surface area (Å²) in [5, 5.41) is 0. The zero-order chi connectivity index (χ0) is 9.19. The average molecular weight is 170 g/mol. The molecule has 2 nitrogen and oxygen atoms in total. The van der Waals surface area contributed by atoms with Crippen LogP contribution in [0.15, 0.2) is 0 Å². The zero-order valence-corrected chi connectivity index (χ0v) is 8.93. The predicted molar refractivity (Wildman–Crippen MR) is 53.4 cm³/mol. The first kappa shape index (κ1) is 10.0. The van der Waals surface area contributed by atoms with Crippen molar-refractivity contribution in [1.29, 1.82) is 0 Å². The molecule has 1 aliphatic rings. The third kappa shape index (κ3) is 2.46. The molecule has 0 bridgehead atoms. The standard InChI is InChI=1S/C10H22N2/c1-10(2)6-5-7-12(10)9-8-11(3)4/h5-9H2,1-4H3. The van der Waals surface area contributed by atoms with Gasteiger partial charge in [0, 0.05) is 18.6 Å². The van der Waals surface area contributed by atoms with Crippen LogP contribution in [-0.2, 0) is 0 Å². The topological polar surface area (TPSA) is 6.48 Å². The second-order valence-corrected chi connectivity index (χ2v) is 4.71. The van der Waals surface area contributed by atoms with Crippen molar-refractivity contribution in [2.45, 2.75) is 32.2 Å². The van der Waals surface area contributed by atoms with Crippen LogP contribution in [0, 0.1) is 0 Å². The van der Waals surface area contributed by atoms with Gasteiger partial charge in [-0.1, -0.05) is 0 Å². The average Bonchev–Trinajstić information content (AvgIpc) is 2.25. The Morgan fingerprint density at radius 3 is 2.42 bits per heavy atom. The molecule has 1 saturated heterocycles. The fourth-order valence-corrected chi connectivity index (χ4v) is 1.90. The second-order valence-electron chi connectivity index (χ2n) is 4.71. The van der Waals surface area contributed by atoms with Crippen molar-refractivity contribution in [3.8, 4) is 0 Å². The van der Waals surface area contributed by atoms with Gasteiger partial charge in [0.2, 0.25) is 0 Å². The van der Waals surface area contributed by atoms with Crippen molar-refractivity contribution in [3.05, 3.63) is 0 Å². The van der Waals surface area contributed by atoms with Crippen LogP contribution in [0.5, 0.6) is 0 Å². The molecule has 1 rings (SSSR count). The highest BCUT2D eigenvalue weighted by Gasteiger charge is 2.30. The Morgan fingerprint density at radius 2 is 2.00 bits per heavy atom. The fourth-order valence-electron chi connectivity index (χ4n) is 1.90. The molecule has 0 saturated carbocycles. The van der Waals surface area contributed by atoms with E-state index in [4.69, 9.17) is 0 Å². The highest BCUT2D eigenvalue weighted by molar-refractivity contribution is 4.87. The lowest BCUT2D eigenvalue weighted by molar-refractivity contribution is 0.160. The summed E-state index contributed by atoms with van der Waals surface area (Å²) in [7, 11) is 4.28. The molecule has 0 amide bonds. The SMILES string of the molecule is CN(C)CCN1CCCC1(C)C. The lowest BCUT2D eigenvalue weighted by atomic mass is 10.0. The summed E-state index contributed by atoms with van der Waals surface area (Å²) in [4.78, 5) is 4.86. The largest absolute Gasteiger partial charge is 0.308 e. The number of hydrogen-bond donors (Lipinski definition) is 0. The molecule has 0 atom stereocenters.